The maximum Gasteiger partial charge on any atom is 0.251 e. The highest BCUT2D eigenvalue weighted by Gasteiger charge is 2.38. The van der Waals surface area contributed by atoms with Crippen molar-refractivity contribution in [3.05, 3.63) is 29.8 Å². The van der Waals surface area contributed by atoms with E-state index in [1.807, 2.05) is 30.0 Å². The first-order chi connectivity index (χ1) is 9.67. The van der Waals surface area contributed by atoms with Gasteiger partial charge in [0.15, 0.2) is 0 Å². The average Bonchev–Trinajstić information content (AvgIpc) is 2.68. The van der Waals surface area contributed by atoms with Crippen LogP contribution in [0.3, 0.4) is 0 Å². The van der Waals surface area contributed by atoms with Gasteiger partial charge in [0.1, 0.15) is 0 Å². The molecule has 2 aliphatic rings. The van der Waals surface area contributed by atoms with Gasteiger partial charge in [-0.05, 0) is 50.9 Å². The number of nitrogens with zero attached hydrogens (tertiary/aromatic N) is 1. The minimum atomic E-state index is -0.00380. The summed E-state index contributed by atoms with van der Waals surface area (Å²) in [5.74, 6) is -0.00380. The number of hydrogen-bond acceptors (Lipinski definition) is 3. The van der Waals surface area contributed by atoms with Crippen molar-refractivity contribution < 1.29 is 4.79 Å². The Morgan fingerprint density at radius 3 is 2.65 bits per heavy atom. The number of carbonyl (C=O) groups excluding carboxylic acids is 1. The van der Waals surface area contributed by atoms with Gasteiger partial charge in [-0.3, -0.25) is 4.79 Å². The summed E-state index contributed by atoms with van der Waals surface area (Å²) < 4.78 is 0. The molecule has 2 bridgehead atoms. The summed E-state index contributed by atoms with van der Waals surface area (Å²) in [7, 11) is 3.95. The lowest BCUT2D eigenvalue weighted by Crippen LogP contribution is -2.40. The van der Waals surface area contributed by atoms with Crippen molar-refractivity contribution in [3.8, 4) is 0 Å². The largest absolute Gasteiger partial charge is 0.355 e. The summed E-state index contributed by atoms with van der Waals surface area (Å²) in [5.41, 5.74) is 0.758. The number of thioether (sulfide) groups is 1. The van der Waals surface area contributed by atoms with Crippen LogP contribution in [0.15, 0.2) is 29.2 Å². The van der Waals surface area contributed by atoms with Gasteiger partial charge in [-0.1, -0.05) is 6.07 Å². The SMILES string of the molecule is CNC(=O)c1cccc(SC2CC3CCC(C2)N3C)c1. The second kappa shape index (κ2) is 5.78. The normalized spacial score (nSPS) is 29.4. The third-order valence-electron chi connectivity index (χ3n) is 4.68. The molecule has 1 aromatic carbocycles. The van der Waals surface area contributed by atoms with E-state index in [2.05, 4.69) is 23.3 Å². The second-order valence-electron chi connectivity index (χ2n) is 5.87. The molecule has 1 N–H and O–H groups in total. The van der Waals surface area contributed by atoms with Crippen molar-refractivity contribution in [1.82, 2.24) is 10.2 Å². The lowest BCUT2D eigenvalue weighted by molar-refractivity contribution is 0.0963. The maximum absolute atomic E-state index is 11.7. The van der Waals surface area contributed by atoms with E-state index < -0.39 is 0 Å². The average molecular weight is 290 g/mol. The summed E-state index contributed by atoms with van der Waals surface area (Å²) in [6, 6.07) is 9.54. The van der Waals surface area contributed by atoms with Crippen molar-refractivity contribution in [2.75, 3.05) is 14.1 Å². The molecule has 0 aliphatic carbocycles. The van der Waals surface area contributed by atoms with Gasteiger partial charge in [-0.25, -0.2) is 0 Å². The second-order valence-corrected chi connectivity index (χ2v) is 7.24. The quantitative estimate of drug-likeness (QED) is 0.929. The van der Waals surface area contributed by atoms with E-state index in [9.17, 15) is 4.79 Å². The number of hydrogen-bond donors (Lipinski definition) is 1. The topological polar surface area (TPSA) is 32.3 Å². The lowest BCUT2D eigenvalue weighted by Gasteiger charge is -2.36. The van der Waals surface area contributed by atoms with Gasteiger partial charge in [0.05, 0.1) is 0 Å². The molecule has 3 nitrogen and oxygen atoms in total. The molecule has 2 saturated heterocycles. The van der Waals surface area contributed by atoms with Gasteiger partial charge in [-0.2, -0.15) is 0 Å². The summed E-state index contributed by atoms with van der Waals surface area (Å²) in [6.07, 6.45) is 5.27. The first kappa shape index (κ1) is 14.0. The zero-order valence-electron chi connectivity index (χ0n) is 12.1. The number of nitrogens with one attached hydrogen (secondary N) is 1. The smallest absolute Gasteiger partial charge is 0.251 e. The number of amides is 1. The molecule has 2 fully saturated rings. The Morgan fingerprint density at radius 1 is 1.30 bits per heavy atom. The number of rotatable bonds is 3. The predicted molar refractivity (Wildman–Crippen MR) is 83.3 cm³/mol. The van der Waals surface area contributed by atoms with Crippen LogP contribution in [0.1, 0.15) is 36.0 Å². The molecule has 2 heterocycles. The van der Waals surface area contributed by atoms with Crippen LogP contribution in [0, 0.1) is 0 Å². The monoisotopic (exact) mass is 290 g/mol. The molecule has 3 rings (SSSR count). The fourth-order valence-electron chi connectivity index (χ4n) is 3.51. The van der Waals surface area contributed by atoms with Crippen molar-refractivity contribution in [1.29, 1.82) is 0 Å². The van der Waals surface area contributed by atoms with E-state index in [4.69, 9.17) is 0 Å². The van der Waals surface area contributed by atoms with Crippen LogP contribution >= 0.6 is 11.8 Å². The van der Waals surface area contributed by atoms with Gasteiger partial charge >= 0.3 is 0 Å². The standard InChI is InChI=1S/C16H22N2OS/c1-17-16(19)11-4-3-5-14(8-11)20-15-9-12-6-7-13(10-15)18(12)2/h3-5,8,12-13,15H,6-7,9-10H2,1-2H3,(H,17,19). The van der Waals surface area contributed by atoms with Crippen molar-refractivity contribution in [2.24, 2.45) is 0 Å². The van der Waals surface area contributed by atoms with Crippen LogP contribution in [0.2, 0.25) is 0 Å². The maximum atomic E-state index is 11.7. The van der Waals surface area contributed by atoms with Gasteiger partial charge in [0, 0.05) is 34.8 Å². The van der Waals surface area contributed by atoms with Gasteiger partial charge in [-0.15, -0.1) is 11.8 Å². The molecule has 0 spiro atoms. The summed E-state index contributed by atoms with van der Waals surface area (Å²) in [5, 5.41) is 3.38. The highest BCUT2D eigenvalue weighted by atomic mass is 32.2. The van der Waals surface area contributed by atoms with Crippen LogP contribution < -0.4 is 5.32 Å². The minimum absolute atomic E-state index is 0.00380. The van der Waals surface area contributed by atoms with E-state index in [0.29, 0.717) is 5.25 Å². The fourth-order valence-corrected chi connectivity index (χ4v) is 4.88. The van der Waals surface area contributed by atoms with Gasteiger partial charge < -0.3 is 10.2 Å². The third-order valence-corrected chi connectivity index (χ3v) is 5.93. The molecule has 0 radical (unpaired) electrons. The van der Waals surface area contributed by atoms with E-state index in [-0.39, 0.29) is 5.91 Å². The Morgan fingerprint density at radius 2 is 2.00 bits per heavy atom. The van der Waals surface area contributed by atoms with E-state index in [1.54, 1.807) is 7.05 Å². The molecular formula is C16H22N2OS. The van der Waals surface area contributed by atoms with Gasteiger partial charge in [0.2, 0.25) is 0 Å². The number of benzene rings is 1. The molecular weight excluding hydrogens is 268 g/mol. The summed E-state index contributed by atoms with van der Waals surface area (Å²) >= 11 is 1.95. The molecule has 20 heavy (non-hydrogen) atoms. The fraction of sp³-hybridized carbons (Fsp3) is 0.562. The third kappa shape index (κ3) is 2.72. The highest BCUT2D eigenvalue weighted by Crippen LogP contribution is 2.41. The van der Waals surface area contributed by atoms with Crippen molar-refractivity contribution in [2.45, 2.75) is 47.9 Å². The van der Waals surface area contributed by atoms with Crippen LogP contribution in [-0.4, -0.2) is 42.2 Å². The Balaban J connectivity index is 1.68. The molecule has 0 saturated carbocycles. The van der Waals surface area contributed by atoms with Crippen LogP contribution in [0.4, 0.5) is 0 Å². The molecule has 2 aliphatic heterocycles. The molecule has 2 unspecified atom stereocenters. The Labute approximate surface area is 125 Å². The summed E-state index contributed by atoms with van der Waals surface area (Å²) in [6.45, 7) is 0. The van der Waals surface area contributed by atoms with Crippen molar-refractivity contribution >= 4 is 17.7 Å². The van der Waals surface area contributed by atoms with Gasteiger partial charge in [0.25, 0.3) is 5.91 Å². The van der Waals surface area contributed by atoms with E-state index in [0.717, 1.165) is 17.6 Å². The van der Waals surface area contributed by atoms with E-state index in [1.165, 1.54) is 30.6 Å². The molecule has 0 aromatic heterocycles. The molecule has 2 atom stereocenters. The molecule has 1 amide bonds. The zero-order chi connectivity index (χ0) is 14.1. The number of piperidine rings is 1. The zero-order valence-corrected chi connectivity index (χ0v) is 13.0. The molecule has 4 heteroatoms. The van der Waals surface area contributed by atoms with Crippen LogP contribution in [0.5, 0.6) is 0 Å². The minimum Gasteiger partial charge on any atom is -0.355 e. The first-order valence-electron chi connectivity index (χ1n) is 7.38. The molecule has 1 aromatic rings. The lowest BCUT2D eigenvalue weighted by atomic mass is 10.0. The highest BCUT2D eigenvalue weighted by molar-refractivity contribution is 8.00. The van der Waals surface area contributed by atoms with E-state index >= 15 is 0 Å². The van der Waals surface area contributed by atoms with Crippen molar-refractivity contribution in [3.63, 3.8) is 0 Å². The van der Waals surface area contributed by atoms with Crippen LogP contribution in [-0.2, 0) is 0 Å². The Hall–Kier alpha value is -1.00. The Bertz CT molecular complexity index is 491. The van der Waals surface area contributed by atoms with Crippen LogP contribution in [0.25, 0.3) is 0 Å². The number of carbonyl (C=O) groups is 1. The Kier molecular flexibility index (Phi) is 4.03. The molecule has 108 valence electrons. The first-order valence-corrected chi connectivity index (χ1v) is 8.26. The predicted octanol–water partition coefficient (Wildman–Crippen LogP) is 2.76. The summed E-state index contributed by atoms with van der Waals surface area (Å²) in [4.78, 5) is 15.5. The number of fused-ring (bicyclic) bond motifs is 2.